The second kappa shape index (κ2) is 3.73. The van der Waals surface area contributed by atoms with E-state index in [2.05, 4.69) is 0 Å². The second-order valence-electron chi connectivity index (χ2n) is 3.97. The lowest BCUT2D eigenvalue weighted by Gasteiger charge is -2.33. The average molecular weight is 173 g/mol. The molecule has 0 aromatic heterocycles. The van der Waals surface area contributed by atoms with Crippen molar-refractivity contribution in [2.45, 2.75) is 37.8 Å². The SMILES string of the molecule is CN(CCO)C1CCCC1(C)O. The first-order valence-electron chi connectivity index (χ1n) is 4.61. The molecule has 1 fully saturated rings. The maximum atomic E-state index is 9.93. The number of nitrogens with zero attached hydrogens (tertiary/aromatic N) is 1. The van der Waals surface area contributed by atoms with Gasteiger partial charge in [0.2, 0.25) is 0 Å². The summed E-state index contributed by atoms with van der Waals surface area (Å²) in [5.41, 5.74) is -0.552. The van der Waals surface area contributed by atoms with Gasteiger partial charge in [-0.3, -0.25) is 4.90 Å². The van der Waals surface area contributed by atoms with Crippen LogP contribution in [0.15, 0.2) is 0 Å². The van der Waals surface area contributed by atoms with Crippen molar-refractivity contribution in [1.29, 1.82) is 0 Å². The van der Waals surface area contributed by atoms with Crippen molar-refractivity contribution < 1.29 is 10.2 Å². The molecule has 3 nitrogen and oxygen atoms in total. The van der Waals surface area contributed by atoms with Crippen molar-refractivity contribution >= 4 is 0 Å². The molecule has 0 aromatic carbocycles. The number of likely N-dealkylation sites (N-methyl/N-ethyl adjacent to an activating group) is 1. The number of rotatable bonds is 3. The molecule has 0 spiro atoms. The van der Waals surface area contributed by atoms with Crippen LogP contribution >= 0.6 is 0 Å². The van der Waals surface area contributed by atoms with Crippen molar-refractivity contribution in [2.75, 3.05) is 20.2 Å². The molecule has 72 valence electrons. The fraction of sp³-hybridized carbons (Fsp3) is 1.00. The maximum absolute atomic E-state index is 9.93. The lowest BCUT2D eigenvalue weighted by atomic mass is 9.99. The Labute approximate surface area is 74.0 Å². The van der Waals surface area contributed by atoms with Crippen LogP contribution in [0.1, 0.15) is 26.2 Å². The Morgan fingerprint density at radius 1 is 1.58 bits per heavy atom. The summed E-state index contributed by atoms with van der Waals surface area (Å²) in [7, 11) is 1.96. The Kier molecular flexibility index (Phi) is 3.09. The third-order valence-electron chi connectivity index (χ3n) is 2.86. The standard InChI is InChI=1S/C9H19NO2/c1-9(12)5-3-4-8(9)10(2)6-7-11/h8,11-12H,3-7H2,1-2H3. The monoisotopic (exact) mass is 173 g/mol. The van der Waals surface area contributed by atoms with Crippen LogP contribution in [0, 0.1) is 0 Å². The van der Waals surface area contributed by atoms with E-state index in [0.717, 1.165) is 19.3 Å². The second-order valence-corrected chi connectivity index (χ2v) is 3.97. The van der Waals surface area contributed by atoms with Gasteiger partial charge in [-0.1, -0.05) is 0 Å². The first-order valence-corrected chi connectivity index (χ1v) is 4.61. The number of hydrogen-bond donors (Lipinski definition) is 2. The van der Waals surface area contributed by atoms with Crippen molar-refractivity contribution in [1.82, 2.24) is 4.90 Å². The molecule has 1 aliphatic rings. The van der Waals surface area contributed by atoms with Crippen molar-refractivity contribution in [3.63, 3.8) is 0 Å². The Bertz CT molecular complexity index is 147. The van der Waals surface area contributed by atoms with Gasteiger partial charge < -0.3 is 10.2 Å². The summed E-state index contributed by atoms with van der Waals surface area (Å²) >= 11 is 0. The van der Waals surface area contributed by atoms with E-state index in [1.807, 2.05) is 18.9 Å². The summed E-state index contributed by atoms with van der Waals surface area (Å²) in [6.45, 7) is 2.71. The van der Waals surface area contributed by atoms with E-state index in [4.69, 9.17) is 5.11 Å². The van der Waals surface area contributed by atoms with Gasteiger partial charge in [-0.15, -0.1) is 0 Å². The zero-order valence-corrected chi connectivity index (χ0v) is 7.95. The molecule has 3 heteroatoms. The predicted molar refractivity (Wildman–Crippen MR) is 48.0 cm³/mol. The molecule has 0 bridgehead atoms. The third-order valence-corrected chi connectivity index (χ3v) is 2.86. The maximum Gasteiger partial charge on any atom is 0.0774 e. The summed E-state index contributed by atoms with van der Waals surface area (Å²) < 4.78 is 0. The fourth-order valence-corrected chi connectivity index (χ4v) is 2.14. The number of aliphatic hydroxyl groups excluding tert-OH is 1. The lowest BCUT2D eigenvalue weighted by molar-refractivity contribution is -0.00791. The normalized spacial score (nSPS) is 36.2. The molecule has 2 unspecified atom stereocenters. The Morgan fingerprint density at radius 3 is 2.67 bits per heavy atom. The van der Waals surface area contributed by atoms with Gasteiger partial charge in [-0.05, 0) is 33.2 Å². The first kappa shape index (κ1) is 9.96. The van der Waals surface area contributed by atoms with Crippen LogP contribution in [0.5, 0.6) is 0 Å². The lowest BCUT2D eigenvalue weighted by Crippen LogP contribution is -2.46. The van der Waals surface area contributed by atoms with Gasteiger partial charge in [0.05, 0.1) is 12.2 Å². The van der Waals surface area contributed by atoms with Gasteiger partial charge in [0.25, 0.3) is 0 Å². The molecule has 2 atom stereocenters. The van der Waals surface area contributed by atoms with Gasteiger partial charge in [0, 0.05) is 12.6 Å². The molecule has 0 aliphatic heterocycles. The summed E-state index contributed by atoms with van der Waals surface area (Å²) in [4.78, 5) is 2.05. The van der Waals surface area contributed by atoms with Gasteiger partial charge in [-0.25, -0.2) is 0 Å². The predicted octanol–water partition coefficient (Wildman–Crippen LogP) is 0.214. The van der Waals surface area contributed by atoms with E-state index in [0.29, 0.717) is 6.54 Å². The van der Waals surface area contributed by atoms with Crippen LogP contribution in [0.25, 0.3) is 0 Å². The Balaban J connectivity index is 2.50. The molecule has 1 saturated carbocycles. The van der Waals surface area contributed by atoms with Crippen LogP contribution in [0.2, 0.25) is 0 Å². The molecule has 2 N–H and O–H groups in total. The van der Waals surface area contributed by atoms with Crippen molar-refractivity contribution in [3.05, 3.63) is 0 Å². The Hall–Kier alpha value is -0.120. The van der Waals surface area contributed by atoms with Gasteiger partial charge in [0.15, 0.2) is 0 Å². The molecule has 12 heavy (non-hydrogen) atoms. The quantitative estimate of drug-likeness (QED) is 0.641. The van der Waals surface area contributed by atoms with Crippen LogP contribution < -0.4 is 0 Å². The minimum absolute atomic E-state index is 0.170. The summed E-state index contributed by atoms with van der Waals surface area (Å²) in [5.74, 6) is 0. The number of hydrogen-bond acceptors (Lipinski definition) is 3. The number of aliphatic hydroxyl groups is 2. The van der Waals surface area contributed by atoms with E-state index in [1.165, 1.54) is 0 Å². The highest BCUT2D eigenvalue weighted by molar-refractivity contribution is 4.94. The smallest absolute Gasteiger partial charge is 0.0774 e. The highest BCUT2D eigenvalue weighted by Gasteiger charge is 2.38. The molecule has 1 rings (SSSR count). The van der Waals surface area contributed by atoms with E-state index in [1.54, 1.807) is 0 Å². The molecule has 0 aromatic rings. The van der Waals surface area contributed by atoms with Crippen LogP contribution in [0.4, 0.5) is 0 Å². The van der Waals surface area contributed by atoms with Crippen molar-refractivity contribution in [2.24, 2.45) is 0 Å². The highest BCUT2D eigenvalue weighted by atomic mass is 16.3. The summed E-state index contributed by atoms with van der Waals surface area (Å²) in [6, 6.07) is 0.227. The van der Waals surface area contributed by atoms with E-state index >= 15 is 0 Å². The van der Waals surface area contributed by atoms with E-state index < -0.39 is 5.60 Å². The molecule has 0 radical (unpaired) electrons. The minimum Gasteiger partial charge on any atom is -0.395 e. The van der Waals surface area contributed by atoms with Crippen LogP contribution in [-0.4, -0.2) is 47.0 Å². The van der Waals surface area contributed by atoms with Gasteiger partial charge >= 0.3 is 0 Å². The summed E-state index contributed by atoms with van der Waals surface area (Å²) in [5, 5.41) is 18.7. The fourth-order valence-electron chi connectivity index (χ4n) is 2.14. The first-order chi connectivity index (χ1) is 5.58. The summed E-state index contributed by atoms with van der Waals surface area (Å²) in [6.07, 6.45) is 3.02. The molecular weight excluding hydrogens is 154 g/mol. The Morgan fingerprint density at radius 2 is 2.25 bits per heavy atom. The van der Waals surface area contributed by atoms with Crippen molar-refractivity contribution in [3.8, 4) is 0 Å². The molecule has 0 saturated heterocycles. The minimum atomic E-state index is -0.552. The molecule has 0 amide bonds. The van der Waals surface area contributed by atoms with Crippen LogP contribution in [0.3, 0.4) is 0 Å². The topological polar surface area (TPSA) is 43.7 Å². The van der Waals surface area contributed by atoms with Gasteiger partial charge in [-0.2, -0.15) is 0 Å². The molecular formula is C9H19NO2. The highest BCUT2D eigenvalue weighted by Crippen LogP contribution is 2.32. The van der Waals surface area contributed by atoms with E-state index in [-0.39, 0.29) is 12.6 Å². The largest absolute Gasteiger partial charge is 0.395 e. The van der Waals surface area contributed by atoms with Crippen LogP contribution in [-0.2, 0) is 0 Å². The average Bonchev–Trinajstić information content (AvgIpc) is 2.30. The molecule has 0 heterocycles. The van der Waals surface area contributed by atoms with E-state index in [9.17, 15) is 5.11 Å². The van der Waals surface area contributed by atoms with Gasteiger partial charge in [0.1, 0.15) is 0 Å². The zero-order valence-electron chi connectivity index (χ0n) is 7.95. The molecule has 1 aliphatic carbocycles. The zero-order chi connectivity index (χ0) is 9.19. The third kappa shape index (κ3) is 1.97.